The van der Waals surface area contributed by atoms with Crippen molar-refractivity contribution in [2.45, 2.75) is 0 Å². The first-order valence-electron chi connectivity index (χ1n) is 5.89. The molecule has 0 fully saturated rings. The van der Waals surface area contributed by atoms with Gasteiger partial charge in [-0.1, -0.05) is 0 Å². The molecule has 2 N–H and O–H groups in total. The molecule has 19 heavy (non-hydrogen) atoms. The molecule has 3 aromatic heterocycles. The standard InChI is InChI=1S/C13H10N6/c1-2-11-9(3-4-14-11)7-10(1)17-12-13-18-16-8-19(13)6-5-15-12/h1-8,14H,(H,15,17). The number of fused-ring (bicyclic) bond motifs is 2. The summed E-state index contributed by atoms with van der Waals surface area (Å²) in [5, 5.41) is 12.3. The zero-order valence-electron chi connectivity index (χ0n) is 9.91. The van der Waals surface area contributed by atoms with Crippen LogP contribution in [0.25, 0.3) is 16.6 Å². The van der Waals surface area contributed by atoms with Crippen molar-refractivity contribution in [3.05, 3.63) is 49.2 Å². The topological polar surface area (TPSA) is 70.9 Å². The molecule has 6 heteroatoms. The van der Waals surface area contributed by atoms with Gasteiger partial charge in [-0.15, -0.1) is 10.2 Å². The molecular formula is C13H10N6. The zero-order chi connectivity index (χ0) is 12.7. The highest BCUT2D eigenvalue weighted by Gasteiger charge is 2.05. The Hall–Kier alpha value is -2.89. The van der Waals surface area contributed by atoms with Gasteiger partial charge in [0.25, 0.3) is 0 Å². The summed E-state index contributed by atoms with van der Waals surface area (Å²) in [6, 6.07) is 8.13. The first-order chi connectivity index (χ1) is 9.40. The smallest absolute Gasteiger partial charge is 0.203 e. The van der Waals surface area contributed by atoms with Gasteiger partial charge in [-0.3, -0.25) is 4.40 Å². The average molecular weight is 250 g/mol. The Labute approximate surface area is 108 Å². The van der Waals surface area contributed by atoms with Crippen LogP contribution in [0.3, 0.4) is 0 Å². The van der Waals surface area contributed by atoms with Crippen LogP contribution >= 0.6 is 0 Å². The fourth-order valence-electron chi connectivity index (χ4n) is 2.11. The summed E-state index contributed by atoms with van der Waals surface area (Å²) in [4.78, 5) is 7.47. The lowest BCUT2D eigenvalue weighted by Crippen LogP contribution is -1.97. The molecule has 0 aliphatic carbocycles. The Balaban J connectivity index is 1.79. The largest absolute Gasteiger partial charge is 0.361 e. The van der Waals surface area contributed by atoms with Gasteiger partial charge < -0.3 is 10.3 Å². The van der Waals surface area contributed by atoms with E-state index in [-0.39, 0.29) is 0 Å². The van der Waals surface area contributed by atoms with E-state index >= 15 is 0 Å². The van der Waals surface area contributed by atoms with Crippen LogP contribution in [0.15, 0.2) is 49.2 Å². The molecule has 0 saturated carbocycles. The highest BCUT2D eigenvalue weighted by Crippen LogP contribution is 2.22. The Morgan fingerprint density at radius 3 is 3.21 bits per heavy atom. The fourth-order valence-corrected chi connectivity index (χ4v) is 2.11. The first kappa shape index (κ1) is 10.1. The van der Waals surface area contributed by atoms with Gasteiger partial charge >= 0.3 is 0 Å². The number of aromatic amines is 1. The van der Waals surface area contributed by atoms with Crippen LogP contribution in [0.2, 0.25) is 0 Å². The Morgan fingerprint density at radius 2 is 2.21 bits per heavy atom. The predicted molar refractivity (Wildman–Crippen MR) is 72.4 cm³/mol. The molecule has 0 unspecified atom stereocenters. The molecule has 0 amide bonds. The number of nitrogens with one attached hydrogen (secondary N) is 2. The third kappa shape index (κ3) is 1.61. The van der Waals surface area contributed by atoms with E-state index in [9.17, 15) is 0 Å². The van der Waals surface area contributed by atoms with Gasteiger partial charge in [0.15, 0.2) is 5.82 Å². The monoisotopic (exact) mass is 250 g/mol. The number of nitrogens with zero attached hydrogens (tertiary/aromatic N) is 4. The minimum Gasteiger partial charge on any atom is -0.361 e. The molecule has 0 aliphatic heterocycles. The normalized spacial score (nSPS) is 11.2. The third-order valence-corrected chi connectivity index (χ3v) is 3.03. The lowest BCUT2D eigenvalue weighted by molar-refractivity contribution is 1.10. The molecule has 3 heterocycles. The minimum atomic E-state index is 0.690. The second-order valence-electron chi connectivity index (χ2n) is 4.24. The quantitative estimate of drug-likeness (QED) is 0.573. The zero-order valence-corrected chi connectivity index (χ0v) is 9.91. The van der Waals surface area contributed by atoms with Gasteiger partial charge in [0.1, 0.15) is 6.33 Å². The van der Waals surface area contributed by atoms with Crippen LogP contribution in [0.5, 0.6) is 0 Å². The third-order valence-electron chi connectivity index (χ3n) is 3.03. The maximum absolute atomic E-state index is 4.30. The van der Waals surface area contributed by atoms with Crippen LogP contribution < -0.4 is 5.32 Å². The van der Waals surface area contributed by atoms with E-state index in [0.29, 0.717) is 11.5 Å². The maximum atomic E-state index is 4.30. The second kappa shape index (κ2) is 3.81. The Morgan fingerprint density at radius 1 is 1.21 bits per heavy atom. The summed E-state index contributed by atoms with van der Waals surface area (Å²) in [6.07, 6.45) is 7.10. The lowest BCUT2D eigenvalue weighted by Gasteiger charge is -2.06. The van der Waals surface area contributed by atoms with Crippen molar-refractivity contribution in [1.29, 1.82) is 0 Å². The molecular weight excluding hydrogens is 240 g/mol. The van der Waals surface area contributed by atoms with Crippen molar-refractivity contribution >= 4 is 28.1 Å². The number of hydrogen-bond donors (Lipinski definition) is 2. The fraction of sp³-hybridized carbons (Fsp3) is 0. The van der Waals surface area contributed by atoms with Crippen molar-refractivity contribution in [2.75, 3.05) is 5.32 Å². The highest BCUT2D eigenvalue weighted by atomic mass is 15.2. The van der Waals surface area contributed by atoms with E-state index in [1.54, 1.807) is 12.5 Å². The van der Waals surface area contributed by atoms with Gasteiger partial charge in [-0.2, -0.15) is 0 Å². The minimum absolute atomic E-state index is 0.690. The van der Waals surface area contributed by atoms with E-state index < -0.39 is 0 Å². The number of hydrogen-bond acceptors (Lipinski definition) is 4. The molecule has 0 aliphatic rings. The van der Waals surface area contributed by atoms with Crippen LogP contribution in [-0.4, -0.2) is 24.6 Å². The molecule has 0 spiro atoms. The molecule has 4 aromatic rings. The molecule has 1 aromatic carbocycles. The molecule has 0 bridgehead atoms. The molecule has 6 nitrogen and oxygen atoms in total. The summed E-state index contributed by atoms with van der Waals surface area (Å²) in [5.41, 5.74) is 2.78. The van der Waals surface area contributed by atoms with E-state index in [4.69, 9.17) is 0 Å². The average Bonchev–Trinajstić information content (AvgIpc) is 3.06. The van der Waals surface area contributed by atoms with Crippen LogP contribution in [0.4, 0.5) is 11.5 Å². The summed E-state index contributed by atoms with van der Waals surface area (Å²) in [7, 11) is 0. The number of anilines is 2. The van der Waals surface area contributed by atoms with E-state index in [1.165, 1.54) is 0 Å². The van der Waals surface area contributed by atoms with Crippen molar-refractivity contribution in [1.82, 2.24) is 24.6 Å². The van der Waals surface area contributed by atoms with Gasteiger partial charge in [-0.25, -0.2) is 4.98 Å². The SMILES string of the molecule is c1cn2cnnc2c(Nc2ccc3[nH]ccc3c2)n1. The number of benzene rings is 1. The molecule has 0 radical (unpaired) electrons. The van der Waals surface area contributed by atoms with Crippen LogP contribution in [-0.2, 0) is 0 Å². The summed E-state index contributed by atoms with van der Waals surface area (Å²) >= 11 is 0. The summed E-state index contributed by atoms with van der Waals surface area (Å²) in [5.74, 6) is 0.690. The Bertz CT molecular complexity index is 859. The van der Waals surface area contributed by atoms with Crippen molar-refractivity contribution in [2.24, 2.45) is 0 Å². The summed E-state index contributed by atoms with van der Waals surface area (Å²) < 4.78 is 1.82. The first-order valence-corrected chi connectivity index (χ1v) is 5.89. The molecule has 0 saturated heterocycles. The number of H-pyrrole nitrogens is 1. The van der Waals surface area contributed by atoms with Crippen LogP contribution in [0.1, 0.15) is 0 Å². The molecule has 92 valence electrons. The Kier molecular flexibility index (Phi) is 2.02. The maximum Gasteiger partial charge on any atom is 0.203 e. The predicted octanol–water partition coefficient (Wildman–Crippen LogP) is 2.35. The van der Waals surface area contributed by atoms with E-state index in [0.717, 1.165) is 16.6 Å². The lowest BCUT2D eigenvalue weighted by atomic mass is 10.2. The van der Waals surface area contributed by atoms with Crippen molar-refractivity contribution in [3.63, 3.8) is 0 Å². The van der Waals surface area contributed by atoms with Crippen molar-refractivity contribution < 1.29 is 0 Å². The van der Waals surface area contributed by atoms with Gasteiger partial charge in [-0.05, 0) is 24.3 Å². The van der Waals surface area contributed by atoms with Crippen LogP contribution in [0, 0.1) is 0 Å². The van der Waals surface area contributed by atoms with Gasteiger partial charge in [0, 0.05) is 35.2 Å². The van der Waals surface area contributed by atoms with E-state index in [2.05, 4.69) is 31.5 Å². The summed E-state index contributed by atoms with van der Waals surface area (Å²) in [6.45, 7) is 0. The van der Waals surface area contributed by atoms with Gasteiger partial charge in [0.05, 0.1) is 0 Å². The van der Waals surface area contributed by atoms with E-state index in [1.807, 2.05) is 35.0 Å². The highest BCUT2D eigenvalue weighted by molar-refractivity contribution is 5.84. The molecule has 4 rings (SSSR count). The van der Waals surface area contributed by atoms with Crippen molar-refractivity contribution in [3.8, 4) is 0 Å². The van der Waals surface area contributed by atoms with Gasteiger partial charge in [0.2, 0.25) is 5.65 Å². The number of rotatable bonds is 2. The molecule has 0 atom stereocenters. The number of aromatic nitrogens is 5. The second-order valence-corrected chi connectivity index (χ2v) is 4.24.